The average Bonchev–Trinajstić information content (AvgIpc) is 2.24. The van der Waals surface area contributed by atoms with E-state index in [0.717, 1.165) is 12.8 Å². The molecule has 0 aromatic heterocycles. The first kappa shape index (κ1) is 19.1. The molecule has 0 amide bonds. The van der Waals surface area contributed by atoms with Crippen molar-refractivity contribution in [3.05, 3.63) is 0 Å². The van der Waals surface area contributed by atoms with E-state index in [0.29, 0.717) is 19.8 Å². The molecule has 0 rings (SSSR count). The smallest absolute Gasteiger partial charge is 0.192 e. The van der Waals surface area contributed by atoms with Crippen LogP contribution in [-0.2, 0) is 14.0 Å². The number of ether oxygens (including phenoxy) is 2. The molecule has 1 N–H and O–H groups in total. The molecule has 0 aliphatic rings. The zero-order chi connectivity index (χ0) is 15.1. The van der Waals surface area contributed by atoms with E-state index < -0.39 is 8.03 Å². The largest absolute Gasteiger partial charge is 0.384 e. The van der Waals surface area contributed by atoms with Gasteiger partial charge in [0.05, 0.1) is 19.8 Å². The maximum Gasteiger partial charge on any atom is 0.192 e. The third-order valence-corrected chi connectivity index (χ3v) is 4.47. The van der Waals surface area contributed by atoms with Crippen molar-refractivity contribution in [2.24, 2.45) is 10.8 Å². The highest BCUT2D eigenvalue weighted by Crippen LogP contribution is 2.36. The lowest BCUT2D eigenvalue weighted by Gasteiger charge is -2.30. The van der Waals surface area contributed by atoms with Gasteiger partial charge in [0.1, 0.15) is 0 Å². The first-order valence-corrected chi connectivity index (χ1v) is 8.36. The third-order valence-electron chi connectivity index (χ3n) is 3.16. The van der Waals surface area contributed by atoms with E-state index >= 15 is 0 Å². The van der Waals surface area contributed by atoms with Crippen LogP contribution in [0, 0.1) is 10.8 Å². The fraction of sp³-hybridized carbons (Fsp3) is 1.00. The maximum absolute atomic E-state index is 11.3. The Bertz CT molecular complexity index is 277. The van der Waals surface area contributed by atoms with Gasteiger partial charge in [-0.15, -0.1) is 0 Å². The van der Waals surface area contributed by atoms with E-state index in [1.807, 2.05) is 6.92 Å². The van der Waals surface area contributed by atoms with E-state index in [9.17, 15) is 9.46 Å². The number of methoxy groups -OCH3 is 1. The Morgan fingerprint density at radius 1 is 1.11 bits per heavy atom. The molecule has 0 aromatic carbocycles. The van der Waals surface area contributed by atoms with Crippen molar-refractivity contribution in [3.63, 3.8) is 0 Å². The highest BCUT2D eigenvalue weighted by atomic mass is 31.1. The van der Waals surface area contributed by atoms with Gasteiger partial charge in [-0.25, -0.2) is 0 Å². The molecule has 0 aliphatic carbocycles. The summed E-state index contributed by atoms with van der Waals surface area (Å²) in [5.74, 6) is 0. The summed E-state index contributed by atoms with van der Waals surface area (Å²) in [6, 6.07) is 0. The van der Waals surface area contributed by atoms with Gasteiger partial charge in [0, 0.05) is 18.2 Å². The number of rotatable bonds is 10. The van der Waals surface area contributed by atoms with Gasteiger partial charge in [-0.2, -0.15) is 0 Å². The molecule has 2 atom stereocenters. The molecule has 2 unspecified atom stereocenters. The van der Waals surface area contributed by atoms with Crippen molar-refractivity contribution in [1.29, 1.82) is 0 Å². The zero-order valence-corrected chi connectivity index (χ0v) is 14.3. The second-order valence-corrected chi connectivity index (χ2v) is 8.39. The van der Waals surface area contributed by atoms with Crippen LogP contribution in [0.1, 0.15) is 47.5 Å². The van der Waals surface area contributed by atoms with Crippen molar-refractivity contribution in [2.45, 2.75) is 53.1 Å². The monoisotopic (exact) mass is 294 g/mol. The van der Waals surface area contributed by atoms with E-state index in [-0.39, 0.29) is 16.5 Å². The lowest BCUT2D eigenvalue weighted by molar-refractivity contribution is -0.0168. The molecule has 116 valence electrons. The predicted molar refractivity (Wildman–Crippen MR) is 80.2 cm³/mol. The fourth-order valence-electron chi connectivity index (χ4n) is 2.17. The SMILES string of the molecule is CCC(CC(C)(C)COCC(C)(C)COC)[PH](=O)O. The average molecular weight is 294 g/mol. The van der Waals surface area contributed by atoms with E-state index in [1.165, 1.54) is 0 Å². The Labute approximate surface area is 118 Å². The van der Waals surface area contributed by atoms with E-state index in [4.69, 9.17) is 9.47 Å². The molecule has 0 saturated carbocycles. The minimum atomic E-state index is -2.44. The van der Waals surface area contributed by atoms with Crippen LogP contribution in [0.15, 0.2) is 0 Å². The van der Waals surface area contributed by atoms with Crippen molar-refractivity contribution >= 4 is 8.03 Å². The molecule has 5 heteroatoms. The summed E-state index contributed by atoms with van der Waals surface area (Å²) in [6.07, 6.45) is 1.47. The van der Waals surface area contributed by atoms with Gasteiger partial charge >= 0.3 is 0 Å². The molecular weight excluding hydrogens is 263 g/mol. The van der Waals surface area contributed by atoms with Gasteiger partial charge < -0.3 is 14.4 Å². The normalized spacial score (nSPS) is 16.4. The van der Waals surface area contributed by atoms with Crippen LogP contribution in [0.4, 0.5) is 0 Å². The van der Waals surface area contributed by atoms with Gasteiger partial charge in [-0.05, 0) is 18.3 Å². The van der Waals surface area contributed by atoms with Crippen molar-refractivity contribution < 1.29 is 18.9 Å². The summed E-state index contributed by atoms with van der Waals surface area (Å²) in [4.78, 5) is 9.29. The minimum Gasteiger partial charge on any atom is -0.384 e. The quantitative estimate of drug-likeness (QED) is 0.628. The second-order valence-electron chi connectivity index (χ2n) is 6.90. The minimum absolute atomic E-state index is 0.000543. The molecule has 19 heavy (non-hydrogen) atoms. The van der Waals surface area contributed by atoms with Crippen LogP contribution in [-0.4, -0.2) is 37.5 Å². The van der Waals surface area contributed by atoms with Gasteiger partial charge in [0.2, 0.25) is 0 Å². The molecule has 0 radical (unpaired) electrons. The fourth-order valence-corrected chi connectivity index (χ4v) is 3.24. The molecule has 0 bridgehead atoms. The Kier molecular flexibility index (Phi) is 8.46. The summed E-state index contributed by atoms with van der Waals surface area (Å²) in [7, 11) is -0.752. The van der Waals surface area contributed by atoms with Crippen LogP contribution < -0.4 is 0 Å². The molecule has 0 saturated heterocycles. The highest BCUT2D eigenvalue weighted by Gasteiger charge is 2.27. The molecule has 0 spiro atoms. The lowest BCUT2D eigenvalue weighted by atomic mass is 9.88. The summed E-state index contributed by atoms with van der Waals surface area (Å²) in [5.41, 5.74) is -0.178. The summed E-state index contributed by atoms with van der Waals surface area (Å²) < 4.78 is 22.2. The van der Waals surface area contributed by atoms with Crippen LogP contribution in [0.3, 0.4) is 0 Å². The summed E-state index contributed by atoms with van der Waals surface area (Å²) in [6.45, 7) is 12.2. The first-order valence-electron chi connectivity index (χ1n) is 6.93. The standard InChI is InChI=1S/C14H31O4P/c1-7-12(19(15)16)8-13(2,3)10-18-11-14(4,5)9-17-6/h12,19H,7-11H2,1-6H3,(H,15,16). The molecule has 0 aromatic rings. The molecule has 0 aliphatic heterocycles. The van der Waals surface area contributed by atoms with E-state index in [2.05, 4.69) is 27.7 Å². The van der Waals surface area contributed by atoms with Crippen molar-refractivity contribution in [2.75, 3.05) is 26.9 Å². The Morgan fingerprint density at radius 3 is 2.05 bits per heavy atom. The Balaban J connectivity index is 4.19. The van der Waals surface area contributed by atoms with Crippen LogP contribution in [0.5, 0.6) is 0 Å². The van der Waals surface area contributed by atoms with Gasteiger partial charge in [0.15, 0.2) is 8.03 Å². The predicted octanol–water partition coefficient (Wildman–Crippen LogP) is 3.34. The zero-order valence-electron chi connectivity index (χ0n) is 13.3. The lowest BCUT2D eigenvalue weighted by Crippen LogP contribution is -2.30. The van der Waals surface area contributed by atoms with Crippen LogP contribution in [0.25, 0.3) is 0 Å². The Hall–Kier alpha value is 0.110. The number of hydrogen-bond donors (Lipinski definition) is 1. The molecule has 0 heterocycles. The van der Waals surface area contributed by atoms with Gasteiger partial charge in [-0.1, -0.05) is 34.6 Å². The Morgan fingerprint density at radius 2 is 1.63 bits per heavy atom. The first-order chi connectivity index (χ1) is 8.63. The van der Waals surface area contributed by atoms with Gasteiger partial charge in [-0.3, -0.25) is 4.57 Å². The van der Waals surface area contributed by atoms with Crippen LogP contribution >= 0.6 is 8.03 Å². The van der Waals surface area contributed by atoms with Crippen LogP contribution in [0.2, 0.25) is 0 Å². The maximum atomic E-state index is 11.3. The van der Waals surface area contributed by atoms with E-state index in [1.54, 1.807) is 7.11 Å². The second kappa shape index (κ2) is 8.41. The summed E-state index contributed by atoms with van der Waals surface area (Å²) in [5, 5.41) is 0. The van der Waals surface area contributed by atoms with Crippen molar-refractivity contribution in [3.8, 4) is 0 Å². The topological polar surface area (TPSA) is 55.8 Å². The summed E-state index contributed by atoms with van der Waals surface area (Å²) >= 11 is 0. The third kappa shape index (κ3) is 8.80. The molecule has 4 nitrogen and oxygen atoms in total. The molecule has 0 fully saturated rings. The van der Waals surface area contributed by atoms with Gasteiger partial charge in [0.25, 0.3) is 0 Å². The highest BCUT2D eigenvalue weighted by molar-refractivity contribution is 7.38. The molecular formula is C14H31O4P. The van der Waals surface area contributed by atoms with Crippen molar-refractivity contribution in [1.82, 2.24) is 0 Å². The number of hydrogen-bond acceptors (Lipinski definition) is 3.